The number of halogens is 1. The predicted molar refractivity (Wildman–Crippen MR) is 78.5 cm³/mol. The molecule has 0 radical (unpaired) electrons. The molecule has 4 nitrogen and oxygen atoms in total. The quantitative estimate of drug-likeness (QED) is 0.694. The number of benzene rings is 2. The van der Waals surface area contributed by atoms with Crippen molar-refractivity contribution in [1.82, 2.24) is 0 Å². The van der Waals surface area contributed by atoms with E-state index >= 15 is 0 Å². The second-order valence-corrected chi connectivity index (χ2v) is 4.58. The molecular weight excluding hydrogens is 273 g/mol. The zero-order valence-corrected chi connectivity index (χ0v) is 12.1. The van der Waals surface area contributed by atoms with E-state index in [1.807, 2.05) is 0 Å². The van der Waals surface area contributed by atoms with Crippen LogP contribution in [0, 0.1) is 12.7 Å². The fourth-order valence-electron chi connectivity index (χ4n) is 2.10. The number of aryl methyl sites for hydroxylation is 1. The highest BCUT2D eigenvalue weighted by Gasteiger charge is 2.18. The van der Waals surface area contributed by atoms with Gasteiger partial charge < -0.3 is 15.2 Å². The number of methoxy groups -OCH3 is 2. The molecular formula is C16H16FNO3. The van der Waals surface area contributed by atoms with Crippen LogP contribution in [0.2, 0.25) is 0 Å². The smallest absolute Gasteiger partial charge is 0.195 e. The average molecular weight is 289 g/mol. The fraction of sp³-hybridized carbons (Fsp3) is 0.188. The van der Waals surface area contributed by atoms with Gasteiger partial charge in [-0.1, -0.05) is 0 Å². The first-order valence-corrected chi connectivity index (χ1v) is 6.30. The summed E-state index contributed by atoms with van der Waals surface area (Å²) in [4.78, 5) is 12.6. The van der Waals surface area contributed by atoms with Gasteiger partial charge in [-0.25, -0.2) is 4.39 Å². The second-order valence-electron chi connectivity index (χ2n) is 4.58. The average Bonchev–Trinajstić information content (AvgIpc) is 2.48. The maximum Gasteiger partial charge on any atom is 0.195 e. The normalized spacial score (nSPS) is 10.3. The van der Waals surface area contributed by atoms with Crippen molar-refractivity contribution in [2.24, 2.45) is 0 Å². The Morgan fingerprint density at radius 3 is 2.29 bits per heavy atom. The molecule has 2 aromatic carbocycles. The zero-order valence-electron chi connectivity index (χ0n) is 12.1. The van der Waals surface area contributed by atoms with Gasteiger partial charge >= 0.3 is 0 Å². The van der Waals surface area contributed by atoms with E-state index in [4.69, 9.17) is 15.2 Å². The van der Waals surface area contributed by atoms with Crippen molar-refractivity contribution in [3.8, 4) is 11.5 Å². The SMILES string of the molecule is COc1cc(C)c(C(=O)c2cc(F)ccc2N)cc1OC. The van der Waals surface area contributed by atoms with E-state index in [0.717, 1.165) is 6.07 Å². The molecule has 0 fully saturated rings. The van der Waals surface area contributed by atoms with E-state index in [2.05, 4.69) is 0 Å². The third-order valence-corrected chi connectivity index (χ3v) is 3.24. The van der Waals surface area contributed by atoms with Gasteiger partial charge in [0.15, 0.2) is 17.3 Å². The Kier molecular flexibility index (Phi) is 4.12. The summed E-state index contributed by atoms with van der Waals surface area (Å²) < 4.78 is 23.7. The molecule has 0 aliphatic carbocycles. The number of rotatable bonds is 4. The number of ketones is 1. The van der Waals surface area contributed by atoms with Gasteiger partial charge in [0.2, 0.25) is 0 Å². The molecule has 0 amide bonds. The Hall–Kier alpha value is -2.56. The van der Waals surface area contributed by atoms with Crippen molar-refractivity contribution < 1.29 is 18.7 Å². The molecule has 0 aliphatic heterocycles. The van der Waals surface area contributed by atoms with Crippen LogP contribution in [0.25, 0.3) is 0 Å². The van der Waals surface area contributed by atoms with E-state index in [0.29, 0.717) is 22.6 Å². The standard InChI is InChI=1S/C16H16FNO3/c1-9-6-14(20-2)15(21-3)8-11(9)16(19)12-7-10(17)4-5-13(12)18/h4-8H,18H2,1-3H3. The van der Waals surface area contributed by atoms with Crippen LogP contribution in [0.1, 0.15) is 21.5 Å². The highest BCUT2D eigenvalue weighted by molar-refractivity contribution is 6.13. The number of anilines is 1. The topological polar surface area (TPSA) is 61.5 Å². The minimum absolute atomic E-state index is 0.130. The molecule has 0 bridgehead atoms. The summed E-state index contributed by atoms with van der Waals surface area (Å²) in [6.45, 7) is 1.77. The molecule has 110 valence electrons. The van der Waals surface area contributed by atoms with E-state index in [9.17, 15) is 9.18 Å². The molecule has 0 saturated heterocycles. The number of carbonyl (C=O) groups is 1. The number of ether oxygens (including phenoxy) is 2. The van der Waals surface area contributed by atoms with Gasteiger partial charge in [-0.2, -0.15) is 0 Å². The van der Waals surface area contributed by atoms with Gasteiger partial charge in [0.1, 0.15) is 5.82 Å². The van der Waals surface area contributed by atoms with Gasteiger partial charge in [0.25, 0.3) is 0 Å². The van der Waals surface area contributed by atoms with Crippen molar-refractivity contribution in [2.75, 3.05) is 20.0 Å². The summed E-state index contributed by atoms with van der Waals surface area (Å²) in [5, 5.41) is 0. The Morgan fingerprint density at radius 2 is 1.67 bits per heavy atom. The molecule has 21 heavy (non-hydrogen) atoms. The number of nitrogens with two attached hydrogens (primary N) is 1. The van der Waals surface area contributed by atoms with Gasteiger partial charge in [0, 0.05) is 16.8 Å². The van der Waals surface area contributed by atoms with Crippen LogP contribution in [0.5, 0.6) is 11.5 Å². The molecule has 5 heteroatoms. The lowest BCUT2D eigenvalue weighted by Crippen LogP contribution is -2.08. The second kappa shape index (κ2) is 5.83. The lowest BCUT2D eigenvalue weighted by atomic mass is 9.97. The van der Waals surface area contributed by atoms with Gasteiger partial charge in [-0.15, -0.1) is 0 Å². The molecule has 0 atom stereocenters. The first kappa shape index (κ1) is 14.8. The summed E-state index contributed by atoms with van der Waals surface area (Å²) in [6, 6.07) is 6.99. The third kappa shape index (κ3) is 2.81. The minimum atomic E-state index is -0.509. The van der Waals surface area contributed by atoms with Gasteiger partial charge in [0.05, 0.1) is 14.2 Å². The predicted octanol–water partition coefficient (Wildman–Crippen LogP) is 2.96. The van der Waals surface area contributed by atoms with Crippen molar-refractivity contribution in [2.45, 2.75) is 6.92 Å². The van der Waals surface area contributed by atoms with Crippen LogP contribution in [0.4, 0.5) is 10.1 Å². The lowest BCUT2D eigenvalue weighted by molar-refractivity contribution is 0.103. The van der Waals surface area contributed by atoms with Crippen molar-refractivity contribution in [3.63, 3.8) is 0 Å². The Bertz CT molecular complexity index is 698. The molecule has 2 rings (SSSR count). The molecule has 0 aromatic heterocycles. The summed E-state index contributed by atoms with van der Waals surface area (Å²) >= 11 is 0. The largest absolute Gasteiger partial charge is 0.493 e. The maximum absolute atomic E-state index is 13.3. The summed E-state index contributed by atoms with van der Waals surface area (Å²) in [5.74, 6) is 0.0938. The lowest BCUT2D eigenvalue weighted by Gasteiger charge is -2.13. The van der Waals surface area contributed by atoms with E-state index in [1.54, 1.807) is 19.1 Å². The maximum atomic E-state index is 13.3. The van der Waals surface area contributed by atoms with E-state index in [1.165, 1.54) is 26.4 Å². The highest BCUT2D eigenvalue weighted by atomic mass is 19.1. The van der Waals surface area contributed by atoms with Gasteiger partial charge in [-0.05, 0) is 42.8 Å². The van der Waals surface area contributed by atoms with Crippen LogP contribution in [-0.2, 0) is 0 Å². The van der Waals surface area contributed by atoms with Crippen LogP contribution >= 0.6 is 0 Å². The number of carbonyl (C=O) groups excluding carboxylic acids is 1. The molecule has 0 spiro atoms. The number of hydrogen-bond donors (Lipinski definition) is 1. The van der Waals surface area contributed by atoms with Crippen LogP contribution in [0.15, 0.2) is 30.3 Å². The Balaban J connectivity index is 2.55. The molecule has 0 saturated carbocycles. The molecule has 0 heterocycles. The Labute approximate surface area is 122 Å². The first-order chi connectivity index (χ1) is 9.97. The van der Waals surface area contributed by atoms with Gasteiger partial charge in [-0.3, -0.25) is 4.79 Å². The number of nitrogen functional groups attached to an aromatic ring is 1. The minimum Gasteiger partial charge on any atom is -0.493 e. The van der Waals surface area contributed by atoms with E-state index in [-0.39, 0.29) is 17.0 Å². The first-order valence-electron chi connectivity index (χ1n) is 6.30. The van der Waals surface area contributed by atoms with Crippen LogP contribution in [-0.4, -0.2) is 20.0 Å². The number of hydrogen-bond acceptors (Lipinski definition) is 4. The van der Waals surface area contributed by atoms with Crippen molar-refractivity contribution in [1.29, 1.82) is 0 Å². The summed E-state index contributed by atoms with van der Waals surface area (Å²) in [6.07, 6.45) is 0. The highest BCUT2D eigenvalue weighted by Crippen LogP contribution is 2.32. The summed E-state index contributed by atoms with van der Waals surface area (Å²) in [5.41, 5.74) is 7.21. The fourth-order valence-corrected chi connectivity index (χ4v) is 2.10. The molecule has 2 N–H and O–H groups in total. The molecule has 0 unspecified atom stereocenters. The molecule has 0 aliphatic rings. The third-order valence-electron chi connectivity index (χ3n) is 3.24. The van der Waals surface area contributed by atoms with Crippen LogP contribution < -0.4 is 15.2 Å². The van der Waals surface area contributed by atoms with Crippen molar-refractivity contribution in [3.05, 3.63) is 52.8 Å². The van der Waals surface area contributed by atoms with E-state index < -0.39 is 5.82 Å². The molecule has 2 aromatic rings. The monoisotopic (exact) mass is 289 g/mol. The Morgan fingerprint density at radius 1 is 1.05 bits per heavy atom. The van der Waals surface area contributed by atoms with Crippen LogP contribution in [0.3, 0.4) is 0 Å². The summed E-state index contributed by atoms with van der Waals surface area (Å²) in [7, 11) is 3.00. The van der Waals surface area contributed by atoms with Crippen molar-refractivity contribution >= 4 is 11.5 Å². The zero-order chi connectivity index (χ0) is 15.6.